The number of anilines is 1. The largest absolute Gasteiger partial charge is 0.497 e. The quantitative estimate of drug-likeness (QED) is 0.653. The summed E-state index contributed by atoms with van der Waals surface area (Å²) in [7, 11) is 1.59. The second-order valence-corrected chi connectivity index (χ2v) is 7.09. The molecule has 0 aliphatic carbocycles. The van der Waals surface area contributed by atoms with E-state index in [1.807, 2.05) is 33.7 Å². The first kappa shape index (κ1) is 19.7. The third-order valence-corrected chi connectivity index (χ3v) is 5.18. The van der Waals surface area contributed by atoms with Gasteiger partial charge in [-0.3, -0.25) is 9.20 Å². The molecule has 2 N–H and O–H groups in total. The molecule has 1 fully saturated rings. The molecule has 0 spiro atoms. The first-order valence-corrected chi connectivity index (χ1v) is 9.94. The van der Waals surface area contributed by atoms with Crippen molar-refractivity contribution in [3.8, 4) is 5.75 Å². The van der Waals surface area contributed by atoms with Crippen molar-refractivity contribution in [2.45, 2.75) is 25.3 Å². The Labute approximate surface area is 174 Å². The number of hydrogen-bond acceptors (Lipinski definition) is 5. The average molecular weight is 408 g/mol. The molecule has 3 aromatic rings. The number of fused-ring (bicyclic) bond motifs is 1. The summed E-state index contributed by atoms with van der Waals surface area (Å²) in [5.74, 6) is 1.49. The van der Waals surface area contributed by atoms with Crippen LogP contribution in [0.4, 0.5) is 10.5 Å². The standard InChI is InChI=1S/C21H24N6O3/c1-30-16-9-7-15(8-10-16)23-21(29)22-12-11-19(28)26-14-4-5-17(26)20-25-24-18-6-2-3-13-27(18)20/h2-3,6-10,13,17H,4-5,11-12,14H2,1H3,(H2,22,23,29). The van der Waals surface area contributed by atoms with Crippen LogP contribution < -0.4 is 15.4 Å². The minimum atomic E-state index is -0.352. The van der Waals surface area contributed by atoms with Crippen LogP contribution in [0.2, 0.25) is 0 Å². The summed E-state index contributed by atoms with van der Waals surface area (Å²) in [5.41, 5.74) is 1.42. The number of hydrogen-bond donors (Lipinski definition) is 2. The van der Waals surface area contributed by atoms with Crippen molar-refractivity contribution in [1.82, 2.24) is 24.8 Å². The highest BCUT2D eigenvalue weighted by molar-refractivity contribution is 5.89. The molecule has 1 aromatic carbocycles. The van der Waals surface area contributed by atoms with E-state index in [0.717, 1.165) is 24.3 Å². The molecule has 1 unspecified atom stereocenters. The van der Waals surface area contributed by atoms with Gasteiger partial charge in [0.05, 0.1) is 13.2 Å². The SMILES string of the molecule is COc1ccc(NC(=O)NCCC(=O)N2CCCC2c2nnc3ccccn23)cc1. The number of likely N-dealkylation sites (tertiary alicyclic amines) is 1. The van der Waals surface area contributed by atoms with Crippen LogP contribution in [0, 0.1) is 0 Å². The molecule has 30 heavy (non-hydrogen) atoms. The van der Waals surface area contributed by atoms with E-state index in [-0.39, 0.29) is 30.9 Å². The highest BCUT2D eigenvalue weighted by Gasteiger charge is 2.32. The van der Waals surface area contributed by atoms with Gasteiger partial charge in [0.1, 0.15) is 5.75 Å². The van der Waals surface area contributed by atoms with Crippen LogP contribution in [0.1, 0.15) is 31.1 Å². The number of methoxy groups -OCH3 is 1. The minimum Gasteiger partial charge on any atom is -0.497 e. The molecule has 4 rings (SSSR count). The lowest BCUT2D eigenvalue weighted by molar-refractivity contribution is -0.132. The number of pyridine rings is 1. The maximum atomic E-state index is 12.8. The molecule has 1 aliphatic rings. The molecule has 2 aromatic heterocycles. The van der Waals surface area contributed by atoms with Gasteiger partial charge in [0.25, 0.3) is 0 Å². The summed E-state index contributed by atoms with van der Waals surface area (Å²) in [6.45, 7) is 0.938. The first-order chi connectivity index (χ1) is 14.7. The Hall–Kier alpha value is -3.62. The van der Waals surface area contributed by atoms with Gasteiger partial charge in [-0.15, -0.1) is 10.2 Å². The topological polar surface area (TPSA) is 101 Å². The Bertz CT molecular complexity index is 1030. The van der Waals surface area contributed by atoms with Gasteiger partial charge in [-0.2, -0.15) is 0 Å². The maximum absolute atomic E-state index is 12.8. The molecule has 3 amide bonds. The first-order valence-electron chi connectivity index (χ1n) is 9.94. The zero-order valence-electron chi connectivity index (χ0n) is 16.7. The molecule has 0 bridgehead atoms. The molecule has 1 aliphatic heterocycles. The molecular formula is C21H24N6O3. The van der Waals surface area contributed by atoms with Crippen molar-refractivity contribution in [1.29, 1.82) is 0 Å². The molecule has 1 saturated heterocycles. The van der Waals surface area contributed by atoms with Crippen LogP contribution in [0.3, 0.4) is 0 Å². The average Bonchev–Trinajstić information content (AvgIpc) is 3.41. The molecule has 156 valence electrons. The van der Waals surface area contributed by atoms with E-state index < -0.39 is 0 Å². The van der Waals surface area contributed by atoms with Gasteiger partial charge in [-0.05, 0) is 49.2 Å². The van der Waals surface area contributed by atoms with Crippen LogP contribution in [-0.4, -0.2) is 51.6 Å². The Kier molecular flexibility index (Phi) is 5.78. The number of benzene rings is 1. The number of urea groups is 1. The van der Waals surface area contributed by atoms with E-state index >= 15 is 0 Å². The van der Waals surface area contributed by atoms with Gasteiger partial charge in [-0.1, -0.05) is 6.07 Å². The van der Waals surface area contributed by atoms with Gasteiger partial charge < -0.3 is 20.3 Å². The van der Waals surface area contributed by atoms with E-state index in [2.05, 4.69) is 20.8 Å². The van der Waals surface area contributed by atoms with Crippen LogP contribution >= 0.6 is 0 Å². The summed E-state index contributed by atoms with van der Waals surface area (Å²) < 4.78 is 7.02. The fraction of sp³-hybridized carbons (Fsp3) is 0.333. The number of nitrogens with one attached hydrogen (secondary N) is 2. The third kappa shape index (κ3) is 4.19. The predicted molar refractivity (Wildman–Crippen MR) is 111 cm³/mol. The second-order valence-electron chi connectivity index (χ2n) is 7.09. The highest BCUT2D eigenvalue weighted by Crippen LogP contribution is 2.31. The summed E-state index contributed by atoms with van der Waals surface area (Å²) >= 11 is 0. The Morgan fingerprint density at radius 2 is 2.00 bits per heavy atom. The lowest BCUT2D eigenvalue weighted by Crippen LogP contribution is -2.36. The van der Waals surface area contributed by atoms with Crippen molar-refractivity contribution in [3.63, 3.8) is 0 Å². The number of aromatic nitrogens is 3. The Balaban J connectivity index is 1.30. The van der Waals surface area contributed by atoms with E-state index in [9.17, 15) is 9.59 Å². The number of rotatable bonds is 6. The zero-order chi connectivity index (χ0) is 20.9. The van der Waals surface area contributed by atoms with Crippen LogP contribution in [0.25, 0.3) is 5.65 Å². The smallest absolute Gasteiger partial charge is 0.319 e. The summed E-state index contributed by atoms with van der Waals surface area (Å²) in [4.78, 5) is 26.7. The normalized spacial score (nSPS) is 15.9. The number of carbonyl (C=O) groups is 2. The second kappa shape index (κ2) is 8.81. The van der Waals surface area contributed by atoms with E-state index in [4.69, 9.17) is 4.74 Å². The molecule has 0 radical (unpaired) electrons. The van der Waals surface area contributed by atoms with E-state index in [1.54, 1.807) is 31.4 Å². The molecular weight excluding hydrogens is 384 g/mol. The van der Waals surface area contributed by atoms with E-state index in [1.165, 1.54) is 0 Å². The third-order valence-electron chi connectivity index (χ3n) is 5.18. The number of carbonyl (C=O) groups excluding carboxylic acids is 2. The van der Waals surface area contributed by atoms with Crippen molar-refractivity contribution in [2.24, 2.45) is 0 Å². The number of nitrogens with zero attached hydrogens (tertiary/aromatic N) is 4. The fourth-order valence-corrected chi connectivity index (χ4v) is 3.70. The zero-order valence-corrected chi connectivity index (χ0v) is 16.7. The molecule has 3 heterocycles. The monoisotopic (exact) mass is 408 g/mol. The Morgan fingerprint density at radius 1 is 1.17 bits per heavy atom. The van der Waals surface area contributed by atoms with Crippen molar-refractivity contribution < 1.29 is 14.3 Å². The van der Waals surface area contributed by atoms with E-state index in [0.29, 0.717) is 18.0 Å². The van der Waals surface area contributed by atoms with Gasteiger partial charge in [-0.25, -0.2) is 4.79 Å². The van der Waals surface area contributed by atoms with Crippen LogP contribution in [0.5, 0.6) is 5.75 Å². The van der Waals surface area contributed by atoms with Crippen molar-refractivity contribution in [2.75, 3.05) is 25.5 Å². The van der Waals surface area contributed by atoms with Crippen molar-refractivity contribution in [3.05, 3.63) is 54.5 Å². The fourth-order valence-electron chi connectivity index (χ4n) is 3.70. The van der Waals surface area contributed by atoms with Crippen LogP contribution in [-0.2, 0) is 4.79 Å². The van der Waals surface area contributed by atoms with Gasteiger partial charge in [0.15, 0.2) is 11.5 Å². The molecule has 0 saturated carbocycles. The maximum Gasteiger partial charge on any atom is 0.319 e. The molecule has 1 atom stereocenters. The summed E-state index contributed by atoms with van der Waals surface area (Å²) in [6.07, 6.45) is 3.91. The lowest BCUT2D eigenvalue weighted by Gasteiger charge is -2.23. The van der Waals surface area contributed by atoms with Gasteiger partial charge >= 0.3 is 6.03 Å². The van der Waals surface area contributed by atoms with Gasteiger partial charge in [0, 0.05) is 31.4 Å². The Morgan fingerprint density at radius 3 is 2.80 bits per heavy atom. The lowest BCUT2D eigenvalue weighted by atomic mass is 10.2. The van der Waals surface area contributed by atoms with Gasteiger partial charge in [0.2, 0.25) is 5.91 Å². The highest BCUT2D eigenvalue weighted by atomic mass is 16.5. The molecule has 9 heteroatoms. The minimum absolute atomic E-state index is 0.00470. The summed E-state index contributed by atoms with van der Waals surface area (Å²) in [5, 5.41) is 14.0. The number of amides is 3. The van der Waals surface area contributed by atoms with Crippen molar-refractivity contribution >= 4 is 23.3 Å². The number of ether oxygens (including phenoxy) is 1. The predicted octanol–water partition coefficient (Wildman–Crippen LogP) is 2.61. The van der Waals surface area contributed by atoms with Crippen LogP contribution in [0.15, 0.2) is 48.7 Å². The molecule has 9 nitrogen and oxygen atoms in total. The summed E-state index contributed by atoms with van der Waals surface area (Å²) in [6, 6.07) is 12.3.